The van der Waals surface area contributed by atoms with E-state index in [1.165, 1.54) is 64.3 Å². The van der Waals surface area contributed by atoms with E-state index in [-0.39, 0.29) is 0 Å². The summed E-state index contributed by atoms with van der Waals surface area (Å²) in [6.45, 7) is 1.44. The summed E-state index contributed by atoms with van der Waals surface area (Å²) in [6.07, 6.45) is 46.6. The summed E-state index contributed by atoms with van der Waals surface area (Å²) in [5.41, 5.74) is 0. The fourth-order valence-corrected chi connectivity index (χ4v) is 16.3. The highest BCUT2D eigenvalue weighted by Crippen LogP contribution is 2.57. The van der Waals surface area contributed by atoms with Crippen molar-refractivity contribution in [1.29, 1.82) is 0 Å². The Morgan fingerprint density at radius 2 is 0.833 bits per heavy atom. The Kier molecular flexibility index (Phi) is 10.9. The topological polar surface area (TPSA) is 15.3 Å². The Morgan fingerprint density at radius 1 is 0.333 bits per heavy atom. The van der Waals surface area contributed by atoms with Gasteiger partial charge in [0.15, 0.2) is 0 Å². The molecule has 0 spiro atoms. The third-order valence-electron chi connectivity index (χ3n) is 18.3. The standard InChI is InChI=1S/C46H78N2/c1-4-15-32(16-5-1)37-29-40(33-17-6-2-7-18-33)46(41(30-37)34-19-8-3-9-20-34)48-31-43(47-42-25-12-13-26-44(42)48)39-24-14-22-36-28-27-35-21-10-11-23-38(35)45(36)39/h32-47H,1-31H2. The van der Waals surface area contributed by atoms with Gasteiger partial charge in [-0.2, -0.15) is 0 Å². The van der Waals surface area contributed by atoms with Gasteiger partial charge in [0, 0.05) is 30.7 Å². The number of rotatable bonds is 5. The minimum absolute atomic E-state index is 0.785. The van der Waals surface area contributed by atoms with Crippen molar-refractivity contribution in [2.45, 2.75) is 217 Å². The van der Waals surface area contributed by atoms with Crippen LogP contribution in [-0.4, -0.2) is 35.6 Å². The zero-order valence-electron chi connectivity index (χ0n) is 31.5. The molecule has 0 aromatic carbocycles. The second-order valence-electron chi connectivity index (χ2n) is 20.4. The first-order chi connectivity index (χ1) is 23.8. The van der Waals surface area contributed by atoms with Crippen LogP contribution < -0.4 is 5.32 Å². The molecule has 0 radical (unpaired) electrons. The van der Waals surface area contributed by atoms with E-state index < -0.39 is 0 Å². The first kappa shape index (κ1) is 33.7. The van der Waals surface area contributed by atoms with Crippen LogP contribution in [0.4, 0.5) is 0 Å². The van der Waals surface area contributed by atoms with Gasteiger partial charge >= 0.3 is 0 Å². The number of fused-ring (bicyclic) bond motifs is 4. The van der Waals surface area contributed by atoms with Crippen LogP contribution in [0.3, 0.4) is 0 Å². The SMILES string of the molecule is C1CCC(C2CC(C3CCCCC3)C(N3CC(C4CCCC5CCC6CCCCC6C54)NC4CCCCC43)C(C3CCCCC3)C2)CC1. The highest BCUT2D eigenvalue weighted by atomic mass is 15.3. The van der Waals surface area contributed by atoms with Gasteiger partial charge in [-0.3, -0.25) is 4.90 Å². The molecule has 0 amide bonds. The van der Waals surface area contributed by atoms with Crippen molar-refractivity contribution in [3.05, 3.63) is 0 Å². The first-order valence-electron chi connectivity index (χ1n) is 23.3. The van der Waals surface area contributed by atoms with E-state index in [2.05, 4.69) is 10.2 Å². The molecule has 9 rings (SSSR count). The predicted octanol–water partition coefficient (Wildman–Crippen LogP) is 12.0. The summed E-state index contributed by atoms with van der Waals surface area (Å²) >= 11 is 0. The molecule has 0 aromatic rings. The Labute approximate surface area is 297 Å². The van der Waals surface area contributed by atoms with Crippen LogP contribution in [-0.2, 0) is 0 Å². The van der Waals surface area contributed by atoms with E-state index in [1.54, 1.807) is 135 Å². The molecule has 2 nitrogen and oxygen atoms in total. The van der Waals surface area contributed by atoms with Gasteiger partial charge in [-0.25, -0.2) is 0 Å². The van der Waals surface area contributed by atoms with Crippen molar-refractivity contribution in [2.75, 3.05) is 6.54 Å². The van der Waals surface area contributed by atoms with Gasteiger partial charge in [0.2, 0.25) is 0 Å². The van der Waals surface area contributed by atoms with Crippen LogP contribution in [0.2, 0.25) is 0 Å². The highest BCUT2D eigenvalue weighted by molar-refractivity contribution is 5.08. The average Bonchev–Trinajstić information content (AvgIpc) is 3.17. The molecular formula is C46H78N2. The van der Waals surface area contributed by atoms with Gasteiger partial charge in [-0.15, -0.1) is 0 Å². The van der Waals surface area contributed by atoms with Crippen molar-refractivity contribution < 1.29 is 0 Å². The molecule has 8 saturated carbocycles. The fourth-order valence-electron chi connectivity index (χ4n) is 16.3. The third kappa shape index (κ3) is 6.78. The van der Waals surface area contributed by atoms with E-state index >= 15 is 0 Å². The molecule has 1 saturated heterocycles. The van der Waals surface area contributed by atoms with Gasteiger partial charge < -0.3 is 5.32 Å². The quantitative estimate of drug-likeness (QED) is 0.316. The van der Waals surface area contributed by atoms with E-state index in [1.807, 2.05) is 0 Å². The number of hydrogen-bond donors (Lipinski definition) is 1. The molecule has 272 valence electrons. The lowest BCUT2D eigenvalue weighted by Crippen LogP contribution is -2.71. The summed E-state index contributed by atoms with van der Waals surface area (Å²) in [5, 5.41) is 4.63. The van der Waals surface area contributed by atoms with E-state index in [0.717, 1.165) is 89.3 Å². The maximum absolute atomic E-state index is 4.63. The normalized spacial score (nSPS) is 47.5. The number of nitrogens with zero attached hydrogens (tertiary/aromatic N) is 1. The van der Waals surface area contributed by atoms with Gasteiger partial charge in [0.25, 0.3) is 0 Å². The Bertz CT molecular complexity index is 978. The smallest absolute Gasteiger partial charge is 0.0253 e. The molecule has 8 aliphatic carbocycles. The minimum Gasteiger partial charge on any atom is -0.308 e. The lowest BCUT2D eigenvalue weighted by Gasteiger charge is -2.61. The predicted molar refractivity (Wildman–Crippen MR) is 202 cm³/mol. The Morgan fingerprint density at radius 3 is 1.52 bits per heavy atom. The number of hydrogen-bond acceptors (Lipinski definition) is 2. The molecule has 9 aliphatic rings. The number of nitrogens with one attached hydrogen (secondary N) is 1. The average molecular weight is 659 g/mol. The summed E-state index contributed by atoms with van der Waals surface area (Å²) in [5.74, 6) is 11.5. The molecule has 0 bridgehead atoms. The molecule has 1 aliphatic heterocycles. The summed E-state index contributed by atoms with van der Waals surface area (Å²) in [7, 11) is 0. The molecule has 10 unspecified atom stereocenters. The van der Waals surface area contributed by atoms with Crippen LogP contribution in [0.25, 0.3) is 0 Å². The molecule has 1 heterocycles. The summed E-state index contributed by atoms with van der Waals surface area (Å²) in [6, 6.07) is 3.34. The molecule has 2 heteroatoms. The molecule has 9 fully saturated rings. The lowest BCUT2D eigenvalue weighted by molar-refractivity contribution is -0.103. The maximum Gasteiger partial charge on any atom is 0.0253 e. The first-order valence-corrected chi connectivity index (χ1v) is 23.3. The second kappa shape index (κ2) is 15.5. The number of piperazine rings is 1. The van der Waals surface area contributed by atoms with Crippen LogP contribution in [0.15, 0.2) is 0 Å². The molecular weight excluding hydrogens is 581 g/mol. The largest absolute Gasteiger partial charge is 0.308 e. The monoisotopic (exact) mass is 659 g/mol. The van der Waals surface area contributed by atoms with Crippen molar-refractivity contribution in [1.82, 2.24) is 10.2 Å². The van der Waals surface area contributed by atoms with Crippen LogP contribution >= 0.6 is 0 Å². The van der Waals surface area contributed by atoms with Crippen LogP contribution in [0, 0.1) is 65.1 Å². The highest BCUT2D eigenvalue weighted by Gasteiger charge is 2.54. The summed E-state index contributed by atoms with van der Waals surface area (Å²) < 4.78 is 0. The maximum atomic E-state index is 4.63. The zero-order valence-corrected chi connectivity index (χ0v) is 31.5. The van der Waals surface area contributed by atoms with Crippen LogP contribution in [0.1, 0.15) is 193 Å². The third-order valence-corrected chi connectivity index (χ3v) is 18.3. The van der Waals surface area contributed by atoms with Crippen molar-refractivity contribution in [3.63, 3.8) is 0 Å². The van der Waals surface area contributed by atoms with Gasteiger partial charge in [-0.05, 0) is 116 Å². The zero-order chi connectivity index (χ0) is 31.9. The van der Waals surface area contributed by atoms with Crippen LogP contribution in [0.5, 0.6) is 0 Å². The van der Waals surface area contributed by atoms with Gasteiger partial charge in [0.05, 0.1) is 0 Å². The van der Waals surface area contributed by atoms with Crippen molar-refractivity contribution in [2.24, 2.45) is 65.1 Å². The van der Waals surface area contributed by atoms with Gasteiger partial charge in [-0.1, -0.05) is 141 Å². The lowest BCUT2D eigenvalue weighted by atomic mass is 9.53. The van der Waals surface area contributed by atoms with E-state index in [4.69, 9.17) is 0 Å². The molecule has 48 heavy (non-hydrogen) atoms. The Hall–Kier alpha value is -0.0800. The van der Waals surface area contributed by atoms with Gasteiger partial charge in [0.1, 0.15) is 0 Å². The summed E-state index contributed by atoms with van der Waals surface area (Å²) in [4.78, 5) is 3.46. The van der Waals surface area contributed by atoms with E-state index in [0.29, 0.717) is 0 Å². The Balaban J connectivity index is 1.06. The second-order valence-corrected chi connectivity index (χ2v) is 20.4. The fraction of sp³-hybridized carbons (Fsp3) is 1.00. The molecule has 1 N–H and O–H groups in total. The minimum atomic E-state index is 0.785. The van der Waals surface area contributed by atoms with Crippen molar-refractivity contribution >= 4 is 0 Å². The molecule has 0 aromatic heterocycles. The van der Waals surface area contributed by atoms with Crippen molar-refractivity contribution in [3.8, 4) is 0 Å². The van der Waals surface area contributed by atoms with E-state index in [9.17, 15) is 0 Å². The molecule has 10 atom stereocenters.